The summed E-state index contributed by atoms with van der Waals surface area (Å²) in [6.45, 7) is 14.7. The lowest BCUT2D eigenvalue weighted by atomic mass is 10.0. The highest BCUT2D eigenvalue weighted by Gasteiger charge is 2.30. The van der Waals surface area contributed by atoms with E-state index in [1.165, 1.54) is 0 Å². The molecule has 0 rings (SSSR count). The van der Waals surface area contributed by atoms with Crippen molar-refractivity contribution in [1.82, 2.24) is 0 Å². The van der Waals surface area contributed by atoms with Crippen molar-refractivity contribution < 1.29 is 18.7 Å². The summed E-state index contributed by atoms with van der Waals surface area (Å²) < 4.78 is 24.5. The summed E-state index contributed by atoms with van der Waals surface area (Å²) in [5.41, 5.74) is 4.51. The van der Waals surface area contributed by atoms with Crippen LogP contribution in [-0.2, 0) is 14.3 Å². The summed E-state index contributed by atoms with van der Waals surface area (Å²) in [5, 5.41) is 0. The van der Waals surface area contributed by atoms with Crippen molar-refractivity contribution >= 4 is 5.94 Å². The smallest absolute Gasteiger partial charge is 0.180 e. The molecule has 0 aliphatic heterocycles. The molecule has 2 atom stereocenters. The van der Waals surface area contributed by atoms with Gasteiger partial charge in [-0.2, -0.15) is 0 Å². The van der Waals surface area contributed by atoms with Crippen LogP contribution in [0.1, 0.15) is 41.5 Å². The van der Waals surface area contributed by atoms with Gasteiger partial charge in [-0.05, 0) is 47.1 Å². The third kappa shape index (κ3) is 7.56. The minimum Gasteiger partial charge on any atom is -0.371 e. The molecule has 0 aliphatic rings. The van der Waals surface area contributed by atoms with Crippen molar-refractivity contribution in [3.63, 3.8) is 0 Å². The van der Waals surface area contributed by atoms with Gasteiger partial charge >= 0.3 is 0 Å². The second kappa shape index (κ2) is 7.14. The molecular formula is C15H26FNO3. The summed E-state index contributed by atoms with van der Waals surface area (Å²) in [6, 6.07) is 0. The van der Waals surface area contributed by atoms with Gasteiger partial charge in [0.25, 0.3) is 0 Å². The Hall–Kier alpha value is -1.00. The zero-order valence-electron chi connectivity index (χ0n) is 13.2. The number of hydrogen-bond donors (Lipinski definition) is 1. The Kier molecular flexibility index (Phi) is 6.78. The first-order chi connectivity index (χ1) is 8.87. The minimum absolute atomic E-state index is 0.0285. The number of rotatable bonds is 6. The van der Waals surface area contributed by atoms with E-state index in [-0.39, 0.29) is 12.2 Å². The fourth-order valence-corrected chi connectivity index (χ4v) is 1.38. The second-order valence-electron chi connectivity index (χ2n) is 6.62. The summed E-state index contributed by atoms with van der Waals surface area (Å²) in [6.07, 6.45) is -3.04. The standard InChI is InChI=1S/C15H26FNO3/c1-10(9-19-14(2,3)4)11(8-18)12(13(16)17)20-15(5,6)7/h12-13H,1,9,17H2,2-7H3. The quantitative estimate of drug-likeness (QED) is 0.463. The van der Waals surface area contributed by atoms with Crippen molar-refractivity contribution in [3.05, 3.63) is 17.7 Å². The van der Waals surface area contributed by atoms with Gasteiger partial charge in [0.15, 0.2) is 6.30 Å². The Morgan fingerprint density at radius 3 is 2.05 bits per heavy atom. The lowest BCUT2D eigenvalue weighted by molar-refractivity contribution is -0.0721. The molecule has 0 fully saturated rings. The highest BCUT2D eigenvalue weighted by atomic mass is 19.1. The zero-order valence-corrected chi connectivity index (χ0v) is 13.2. The Bertz CT molecular complexity index is 385. The van der Waals surface area contributed by atoms with Crippen molar-refractivity contribution in [2.45, 2.75) is 65.1 Å². The monoisotopic (exact) mass is 287 g/mol. The van der Waals surface area contributed by atoms with Crippen molar-refractivity contribution in [2.75, 3.05) is 6.61 Å². The maximum Gasteiger partial charge on any atom is 0.180 e. The number of ether oxygens (including phenoxy) is 2. The maximum absolute atomic E-state index is 13.5. The normalized spacial score (nSPS) is 15.4. The molecule has 0 aliphatic carbocycles. The van der Waals surface area contributed by atoms with E-state index in [2.05, 4.69) is 6.58 Å². The van der Waals surface area contributed by atoms with E-state index in [0.717, 1.165) is 0 Å². The molecule has 0 aromatic rings. The van der Waals surface area contributed by atoms with Crippen molar-refractivity contribution in [1.29, 1.82) is 0 Å². The molecule has 0 aromatic carbocycles. The zero-order chi connectivity index (χ0) is 16.1. The van der Waals surface area contributed by atoms with Gasteiger partial charge in [0, 0.05) is 0 Å². The molecule has 2 unspecified atom stereocenters. The van der Waals surface area contributed by atoms with Crippen LogP contribution in [0.5, 0.6) is 0 Å². The highest BCUT2D eigenvalue weighted by Crippen LogP contribution is 2.23. The van der Waals surface area contributed by atoms with Crippen LogP contribution in [0, 0.1) is 0 Å². The molecule has 0 saturated heterocycles. The molecule has 20 heavy (non-hydrogen) atoms. The maximum atomic E-state index is 13.5. The number of hydrogen-bond acceptors (Lipinski definition) is 4. The van der Waals surface area contributed by atoms with Crippen LogP contribution in [0.3, 0.4) is 0 Å². The van der Waals surface area contributed by atoms with Crippen LogP contribution in [0.4, 0.5) is 4.39 Å². The Morgan fingerprint density at radius 1 is 1.25 bits per heavy atom. The van der Waals surface area contributed by atoms with E-state index >= 15 is 0 Å². The van der Waals surface area contributed by atoms with Gasteiger partial charge in [0.2, 0.25) is 0 Å². The second-order valence-corrected chi connectivity index (χ2v) is 6.62. The SMILES string of the molecule is C=C(COC(C)(C)C)C(=C=O)C(OC(C)(C)C)C(N)F. The number of alkyl halides is 1. The number of halogens is 1. The number of nitrogens with two attached hydrogens (primary N) is 1. The molecule has 0 heterocycles. The molecule has 0 amide bonds. The van der Waals surface area contributed by atoms with E-state index < -0.39 is 23.6 Å². The molecule has 4 nitrogen and oxygen atoms in total. The fraction of sp³-hybridized carbons (Fsp3) is 0.733. The molecule has 0 bridgehead atoms. The summed E-state index contributed by atoms with van der Waals surface area (Å²) in [7, 11) is 0. The van der Waals surface area contributed by atoms with Gasteiger partial charge in [-0.3, -0.25) is 5.73 Å². The topological polar surface area (TPSA) is 61.5 Å². The largest absolute Gasteiger partial charge is 0.371 e. The summed E-state index contributed by atoms with van der Waals surface area (Å²) in [4.78, 5) is 11.1. The molecule has 0 saturated carbocycles. The van der Waals surface area contributed by atoms with Crippen LogP contribution < -0.4 is 5.73 Å². The molecular weight excluding hydrogens is 261 g/mol. The van der Waals surface area contributed by atoms with Gasteiger partial charge in [-0.1, -0.05) is 6.58 Å². The van der Waals surface area contributed by atoms with E-state index in [1.54, 1.807) is 26.7 Å². The molecule has 2 N–H and O–H groups in total. The van der Waals surface area contributed by atoms with E-state index in [9.17, 15) is 9.18 Å². The van der Waals surface area contributed by atoms with Crippen molar-refractivity contribution in [3.8, 4) is 0 Å². The average molecular weight is 287 g/mol. The Balaban J connectivity index is 5.03. The first kappa shape index (κ1) is 19.0. The van der Waals surface area contributed by atoms with E-state index in [4.69, 9.17) is 15.2 Å². The van der Waals surface area contributed by atoms with Crippen LogP contribution in [0.2, 0.25) is 0 Å². The van der Waals surface area contributed by atoms with Crippen LogP contribution in [0.25, 0.3) is 0 Å². The molecule has 0 aromatic heterocycles. The van der Waals surface area contributed by atoms with Crippen LogP contribution in [0.15, 0.2) is 17.7 Å². The van der Waals surface area contributed by atoms with E-state index in [1.807, 2.05) is 20.8 Å². The first-order valence-corrected chi connectivity index (χ1v) is 6.52. The van der Waals surface area contributed by atoms with Gasteiger partial charge in [-0.25, -0.2) is 9.18 Å². The molecule has 0 radical (unpaired) electrons. The van der Waals surface area contributed by atoms with Crippen LogP contribution >= 0.6 is 0 Å². The molecule has 5 heteroatoms. The third-order valence-electron chi connectivity index (χ3n) is 2.22. The van der Waals surface area contributed by atoms with Gasteiger partial charge in [-0.15, -0.1) is 0 Å². The molecule has 116 valence electrons. The van der Waals surface area contributed by atoms with E-state index in [0.29, 0.717) is 5.57 Å². The minimum atomic E-state index is -1.84. The lowest BCUT2D eigenvalue weighted by Crippen LogP contribution is -2.41. The first-order valence-electron chi connectivity index (χ1n) is 6.52. The predicted octanol–water partition coefficient (Wildman–Crippen LogP) is 2.55. The molecule has 0 spiro atoms. The van der Waals surface area contributed by atoms with Crippen LogP contribution in [-0.4, -0.2) is 36.1 Å². The van der Waals surface area contributed by atoms with Gasteiger partial charge < -0.3 is 9.47 Å². The van der Waals surface area contributed by atoms with Gasteiger partial charge in [0.1, 0.15) is 12.0 Å². The predicted molar refractivity (Wildman–Crippen MR) is 77.8 cm³/mol. The summed E-state index contributed by atoms with van der Waals surface area (Å²) in [5.74, 6) is 1.68. The number of carbonyl (C=O) groups excluding carboxylic acids is 1. The Morgan fingerprint density at radius 2 is 1.75 bits per heavy atom. The fourth-order valence-electron chi connectivity index (χ4n) is 1.38. The third-order valence-corrected chi connectivity index (χ3v) is 2.22. The average Bonchev–Trinajstić information content (AvgIpc) is 2.23. The Labute approximate surface area is 120 Å². The lowest BCUT2D eigenvalue weighted by Gasteiger charge is -2.30. The highest BCUT2D eigenvalue weighted by molar-refractivity contribution is 5.62. The summed E-state index contributed by atoms with van der Waals surface area (Å²) >= 11 is 0. The van der Waals surface area contributed by atoms with Gasteiger partial charge in [0.05, 0.1) is 23.4 Å². The van der Waals surface area contributed by atoms with Crippen molar-refractivity contribution in [2.24, 2.45) is 5.73 Å².